The smallest absolute Gasteiger partial charge is 0.186 e. The highest BCUT2D eigenvalue weighted by Gasteiger charge is 1.98. The Kier molecular flexibility index (Phi) is 6.67. The average molecular weight is 281 g/mol. The zero-order valence-corrected chi connectivity index (χ0v) is 11.7. The fourth-order valence-electron chi connectivity index (χ4n) is 1.40. The monoisotopic (exact) mass is 281 g/mol. The van der Waals surface area contributed by atoms with E-state index in [-0.39, 0.29) is 11.5 Å². The zero-order valence-electron chi connectivity index (χ0n) is 10.9. The van der Waals surface area contributed by atoms with Crippen LogP contribution in [0.25, 0.3) is 0 Å². The fraction of sp³-hybridized carbons (Fsp3) is 0.385. The Bertz CT molecular complexity index is 450. The molecule has 0 aromatic heterocycles. The first-order valence-corrected chi connectivity index (χ1v) is 6.63. The maximum atomic E-state index is 9.31. The highest BCUT2D eigenvalue weighted by Crippen LogP contribution is 2.23. The summed E-state index contributed by atoms with van der Waals surface area (Å²) in [7, 11) is 0. The van der Waals surface area contributed by atoms with Crippen LogP contribution in [0.2, 0.25) is 0 Å². The fourth-order valence-corrected chi connectivity index (χ4v) is 1.56. The standard InChI is InChI=1S/C13H19N3O2S/c1-2-3-4-7-14-13(19)16-15-9-10-5-6-11(17)12(18)8-10/h5-6,8-9,17-18H,2-4,7H2,1H3,(H2,14,16,19)/b15-9+. The van der Waals surface area contributed by atoms with Crippen molar-refractivity contribution >= 4 is 23.5 Å². The van der Waals surface area contributed by atoms with Gasteiger partial charge in [-0.1, -0.05) is 19.8 Å². The predicted octanol–water partition coefficient (Wildman–Crippen LogP) is 2.09. The van der Waals surface area contributed by atoms with Gasteiger partial charge < -0.3 is 15.5 Å². The topological polar surface area (TPSA) is 76.9 Å². The van der Waals surface area contributed by atoms with Crippen LogP contribution in [0.1, 0.15) is 31.7 Å². The van der Waals surface area contributed by atoms with E-state index >= 15 is 0 Å². The normalized spacial score (nSPS) is 10.6. The second-order valence-corrected chi connectivity index (χ2v) is 4.49. The summed E-state index contributed by atoms with van der Waals surface area (Å²) >= 11 is 5.04. The molecule has 104 valence electrons. The third kappa shape index (κ3) is 6.05. The van der Waals surface area contributed by atoms with Gasteiger partial charge in [0.05, 0.1) is 6.21 Å². The Morgan fingerprint density at radius 3 is 2.79 bits per heavy atom. The number of phenolic OH excluding ortho intramolecular Hbond substituents is 2. The molecule has 0 radical (unpaired) electrons. The summed E-state index contributed by atoms with van der Waals surface area (Å²) in [6.07, 6.45) is 4.93. The van der Waals surface area contributed by atoms with E-state index in [2.05, 4.69) is 22.8 Å². The molecule has 5 nitrogen and oxygen atoms in total. The molecule has 0 amide bonds. The average Bonchev–Trinajstić information content (AvgIpc) is 2.39. The van der Waals surface area contributed by atoms with Crippen LogP contribution in [-0.2, 0) is 0 Å². The van der Waals surface area contributed by atoms with Gasteiger partial charge in [0.2, 0.25) is 0 Å². The number of rotatable bonds is 6. The van der Waals surface area contributed by atoms with E-state index < -0.39 is 0 Å². The Balaban J connectivity index is 2.32. The summed E-state index contributed by atoms with van der Waals surface area (Å²) in [6, 6.07) is 4.45. The molecule has 0 bridgehead atoms. The van der Waals surface area contributed by atoms with Crippen LogP contribution in [0.4, 0.5) is 0 Å². The predicted molar refractivity (Wildman–Crippen MR) is 80.6 cm³/mol. The van der Waals surface area contributed by atoms with Crippen LogP contribution in [0.5, 0.6) is 11.5 Å². The Morgan fingerprint density at radius 1 is 1.32 bits per heavy atom. The molecule has 0 aliphatic rings. The maximum absolute atomic E-state index is 9.31. The number of nitrogens with zero attached hydrogens (tertiary/aromatic N) is 1. The lowest BCUT2D eigenvalue weighted by atomic mass is 10.2. The van der Waals surface area contributed by atoms with E-state index in [4.69, 9.17) is 17.3 Å². The van der Waals surface area contributed by atoms with E-state index in [0.29, 0.717) is 10.7 Å². The number of aromatic hydroxyl groups is 2. The summed E-state index contributed by atoms with van der Waals surface area (Å²) in [6.45, 7) is 2.98. The Hall–Kier alpha value is -1.82. The number of hydrogen-bond acceptors (Lipinski definition) is 4. The molecular formula is C13H19N3O2S. The number of benzene rings is 1. The molecule has 0 heterocycles. The van der Waals surface area contributed by atoms with E-state index in [1.807, 2.05) is 0 Å². The van der Waals surface area contributed by atoms with Crippen LogP contribution in [0.3, 0.4) is 0 Å². The molecule has 1 aromatic carbocycles. The maximum Gasteiger partial charge on any atom is 0.186 e. The van der Waals surface area contributed by atoms with Crippen molar-refractivity contribution in [3.05, 3.63) is 23.8 Å². The summed E-state index contributed by atoms with van der Waals surface area (Å²) < 4.78 is 0. The minimum absolute atomic E-state index is 0.154. The van der Waals surface area contributed by atoms with E-state index in [0.717, 1.165) is 13.0 Å². The summed E-state index contributed by atoms with van der Waals surface area (Å²) in [5.41, 5.74) is 3.35. The number of thiocarbonyl (C=S) groups is 1. The largest absolute Gasteiger partial charge is 0.504 e. The van der Waals surface area contributed by atoms with Crippen LogP contribution < -0.4 is 10.7 Å². The molecule has 0 saturated heterocycles. The van der Waals surface area contributed by atoms with Gasteiger partial charge in [0, 0.05) is 6.54 Å². The van der Waals surface area contributed by atoms with Crippen LogP contribution in [-0.4, -0.2) is 28.1 Å². The van der Waals surface area contributed by atoms with Crippen molar-refractivity contribution in [2.24, 2.45) is 5.10 Å². The minimum Gasteiger partial charge on any atom is -0.504 e. The summed E-state index contributed by atoms with van der Waals surface area (Å²) in [5.74, 6) is -0.331. The van der Waals surface area contributed by atoms with Crippen molar-refractivity contribution in [1.29, 1.82) is 0 Å². The van der Waals surface area contributed by atoms with E-state index in [9.17, 15) is 5.11 Å². The number of nitrogens with one attached hydrogen (secondary N) is 2. The summed E-state index contributed by atoms with van der Waals surface area (Å²) in [5, 5.41) is 25.9. The molecule has 0 atom stereocenters. The summed E-state index contributed by atoms with van der Waals surface area (Å²) in [4.78, 5) is 0. The molecule has 1 rings (SSSR count). The first-order chi connectivity index (χ1) is 9.13. The molecule has 0 aliphatic heterocycles. The van der Waals surface area contributed by atoms with Gasteiger partial charge >= 0.3 is 0 Å². The van der Waals surface area contributed by atoms with Gasteiger partial charge in [-0.3, -0.25) is 5.43 Å². The quantitative estimate of drug-likeness (QED) is 0.211. The van der Waals surface area contributed by atoms with Crippen LogP contribution in [0.15, 0.2) is 23.3 Å². The lowest BCUT2D eigenvalue weighted by Gasteiger charge is -2.05. The molecule has 0 aliphatic carbocycles. The van der Waals surface area contributed by atoms with Crippen LogP contribution >= 0.6 is 12.2 Å². The van der Waals surface area contributed by atoms with Gasteiger partial charge in [-0.05, 0) is 42.4 Å². The molecule has 0 unspecified atom stereocenters. The Morgan fingerprint density at radius 2 is 2.11 bits per heavy atom. The second kappa shape index (κ2) is 8.31. The SMILES string of the molecule is CCCCCNC(=S)N/N=C/c1ccc(O)c(O)c1. The first kappa shape index (κ1) is 15.2. The molecule has 0 fully saturated rings. The van der Waals surface area contributed by atoms with Crippen molar-refractivity contribution in [3.63, 3.8) is 0 Å². The highest BCUT2D eigenvalue weighted by atomic mass is 32.1. The van der Waals surface area contributed by atoms with Crippen molar-refractivity contribution in [1.82, 2.24) is 10.7 Å². The molecule has 1 aromatic rings. The first-order valence-electron chi connectivity index (χ1n) is 6.22. The molecule has 19 heavy (non-hydrogen) atoms. The van der Waals surface area contributed by atoms with Gasteiger partial charge in [0.1, 0.15) is 0 Å². The van der Waals surface area contributed by atoms with Gasteiger partial charge in [-0.2, -0.15) is 5.10 Å². The van der Waals surface area contributed by atoms with Crippen molar-refractivity contribution in [2.45, 2.75) is 26.2 Å². The van der Waals surface area contributed by atoms with Gasteiger partial charge in [0.25, 0.3) is 0 Å². The van der Waals surface area contributed by atoms with Gasteiger partial charge in [-0.15, -0.1) is 0 Å². The van der Waals surface area contributed by atoms with E-state index in [1.54, 1.807) is 6.07 Å². The molecule has 4 N–H and O–H groups in total. The minimum atomic E-state index is -0.177. The third-order valence-electron chi connectivity index (χ3n) is 2.45. The number of hydrazone groups is 1. The lowest BCUT2D eigenvalue weighted by molar-refractivity contribution is 0.403. The number of phenols is 2. The second-order valence-electron chi connectivity index (χ2n) is 4.08. The van der Waals surface area contributed by atoms with Crippen molar-refractivity contribution in [2.75, 3.05) is 6.54 Å². The van der Waals surface area contributed by atoms with E-state index in [1.165, 1.54) is 31.2 Å². The Labute approximate surface area is 118 Å². The number of hydrogen-bond donors (Lipinski definition) is 4. The van der Waals surface area contributed by atoms with Crippen molar-refractivity contribution < 1.29 is 10.2 Å². The number of unbranched alkanes of at least 4 members (excludes halogenated alkanes) is 2. The molecule has 0 saturated carbocycles. The molecular weight excluding hydrogens is 262 g/mol. The molecule has 0 spiro atoms. The zero-order chi connectivity index (χ0) is 14.1. The lowest BCUT2D eigenvalue weighted by Crippen LogP contribution is -2.32. The van der Waals surface area contributed by atoms with Crippen molar-refractivity contribution in [3.8, 4) is 11.5 Å². The van der Waals surface area contributed by atoms with Gasteiger partial charge in [0.15, 0.2) is 16.6 Å². The third-order valence-corrected chi connectivity index (χ3v) is 2.68. The van der Waals surface area contributed by atoms with Gasteiger partial charge in [-0.25, -0.2) is 0 Å². The highest BCUT2D eigenvalue weighted by molar-refractivity contribution is 7.80. The molecule has 6 heteroatoms. The van der Waals surface area contributed by atoms with Crippen LogP contribution in [0, 0.1) is 0 Å².